The lowest BCUT2D eigenvalue weighted by atomic mass is 10.3. The summed E-state index contributed by atoms with van der Waals surface area (Å²) < 4.78 is 2.79. The van der Waals surface area contributed by atoms with Crippen LogP contribution in [0.3, 0.4) is 0 Å². The Balaban J connectivity index is 3.01. The minimum atomic E-state index is -0.419. The van der Waals surface area contributed by atoms with Crippen molar-refractivity contribution in [2.75, 3.05) is 3.53 Å². The van der Waals surface area contributed by atoms with Gasteiger partial charge in [0.15, 0.2) is 0 Å². The predicted octanol–water partition coefficient (Wildman–Crippen LogP) is 2.36. The summed E-state index contributed by atoms with van der Waals surface area (Å²) in [6.45, 7) is 0. The van der Waals surface area contributed by atoms with Crippen molar-refractivity contribution in [2.24, 2.45) is 0 Å². The average Bonchev–Trinajstić information content (AvgIpc) is 2.05. The molecule has 0 amide bonds. The highest BCUT2D eigenvalue weighted by atomic mass is 127. The molecule has 1 aromatic carbocycles. The number of nitrogens with zero attached hydrogens (tertiary/aromatic N) is 1. The molecule has 0 atom stereocenters. The summed E-state index contributed by atoms with van der Waals surface area (Å²) in [7, 11) is 0. The molecule has 0 unspecified atom stereocenters. The van der Waals surface area contributed by atoms with Crippen LogP contribution >= 0.6 is 22.9 Å². The van der Waals surface area contributed by atoms with E-state index >= 15 is 0 Å². The van der Waals surface area contributed by atoms with E-state index in [4.69, 9.17) is 0 Å². The van der Waals surface area contributed by atoms with Crippen LogP contribution in [0.25, 0.3) is 0 Å². The number of hydrogen-bond acceptors (Lipinski definition) is 3. The van der Waals surface area contributed by atoms with Crippen molar-refractivity contribution in [3.05, 3.63) is 34.4 Å². The van der Waals surface area contributed by atoms with E-state index in [1.807, 2.05) is 22.9 Å². The number of anilines is 1. The standard InChI is InChI=1S/C6H5IN2O2/c7-8-5-2-1-3-6(4-5)9(10)11/h1-4,8H. The third-order valence-corrected chi connectivity index (χ3v) is 1.79. The second-order valence-corrected chi connectivity index (χ2v) is 2.44. The molecule has 0 aliphatic rings. The molecule has 4 nitrogen and oxygen atoms in total. The van der Waals surface area contributed by atoms with Gasteiger partial charge in [0.05, 0.1) is 27.8 Å². The zero-order valence-electron chi connectivity index (χ0n) is 5.45. The molecule has 0 spiro atoms. The molecule has 5 heteroatoms. The first kappa shape index (κ1) is 8.25. The van der Waals surface area contributed by atoms with Crippen molar-refractivity contribution < 1.29 is 4.92 Å². The molecule has 1 rings (SSSR count). The van der Waals surface area contributed by atoms with Crippen LogP contribution in [-0.4, -0.2) is 4.92 Å². The average molecular weight is 264 g/mol. The topological polar surface area (TPSA) is 55.2 Å². The summed E-state index contributed by atoms with van der Waals surface area (Å²) in [6, 6.07) is 6.34. The van der Waals surface area contributed by atoms with Gasteiger partial charge in [0.1, 0.15) is 0 Å². The quantitative estimate of drug-likeness (QED) is 0.386. The zero-order chi connectivity index (χ0) is 8.27. The van der Waals surface area contributed by atoms with Crippen molar-refractivity contribution in [3.63, 3.8) is 0 Å². The summed E-state index contributed by atoms with van der Waals surface area (Å²) >= 11 is 1.92. The number of nitrogens with one attached hydrogen (secondary N) is 1. The fourth-order valence-corrected chi connectivity index (χ4v) is 1.01. The molecule has 0 aliphatic heterocycles. The second kappa shape index (κ2) is 3.51. The van der Waals surface area contributed by atoms with Crippen LogP contribution in [0, 0.1) is 10.1 Å². The Bertz CT molecular complexity index is 277. The van der Waals surface area contributed by atoms with Gasteiger partial charge in [0.25, 0.3) is 5.69 Å². The Morgan fingerprint density at radius 1 is 1.55 bits per heavy atom. The molecule has 0 aliphatic carbocycles. The molecule has 0 radical (unpaired) electrons. The highest BCUT2D eigenvalue weighted by Gasteiger charge is 2.03. The van der Waals surface area contributed by atoms with Gasteiger partial charge < -0.3 is 3.53 Å². The highest BCUT2D eigenvalue weighted by Crippen LogP contribution is 2.17. The van der Waals surface area contributed by atoms with Gasteiger partial charge in [-0.1, -0.05) is 6.07 Å². The minimum absolute atomic E-state index is 0.103. The largest absolute Gasteiger partial charge is 0.328 e. The molecule has 0 saturated heterocycles. The number of non-ortho nitro benzene ring substituents is 1. The second-order valence-electron chi connectivity index (χ2n) is 1.90. The highest BCUT2D eigenvalue weighted by molar-refractivity contribution is 14.1. The molecular weight excluding hydrogens is 259 g/mol. The molecule has 0 heterocycles. The first-order chi connectivity index (χ1) is 5.24. The Morgan fingerprint density at radius 2 is 2.27 bits per heavy atom. The molecule has 11 heavy (non-hydrogen) atoms. The van der Waals surface area contributed by atoms with E-state index in [0.29, 0.717) is 0 Å². The van der Waals surface area contributed by atoms with Gasteiger partial charge in [-0.25, -0.2) is 0 Å². The van der Waals surface area contributed by atoms with Crippen LogP contribution in [0.4, 0.5) is 11.4 Å². The van der Waals surface area contributed by atoms with E-state index in [2.05, 4.69) is 3.53 Å². The van der Waals surface area contributed by atoms with Crippen LogP contribution < -0.4 is 3.53 Å². The van der Waals surface area contributed by atoms with Gasteiger partial charge in [0.2, 0.25) is 0 Å². The molecule has 0 fully saturated rings. The van der Waals surface area contributed by atoms with Gasteiger partial charge in [-0.2, -0.15) is 0 Å². The Hall–Kier alpha value is -0.850. The smallest absolute Gasteiger partial charge is 0.271 e. The van der Waals surface area contributed by atoms with Crippen LogP contribution in [0.5, 0.6) is 0 Å². The van der Waals surface area contributed by atoms with Crippen molar-refractivity contribution >= 4 is 34.2 Å². The predicted molar refractivity (Wildman–Crippen MR) is 50.7 cm³/mol. The fourth-order valence-electron chi connectivity index (χ4n) is 0.678. The maximum atomic E-state index is 10.2. The van der Waals surface area contributed by atoms with E-state index in [1.54, 1.807) is 12.1 Å². The molecule has 1 N–H and O–H groups in total. The Morgan fingerprint density at radius 3 is 2.82 bits per heavy atom. The summed E-state index contributed by atoms with van der Waals surface area (Å²) in [5.41, 5.74) is 0.839. The van der Waals surface area contributed by atoms with Crippen molar-refractivity contribution in [2.45, 2.75) is 0 Å². The number of nitro benzene ring substituents is 1. The SMILES string of the molecule is O=[N+]([O-])c1cccc(NI)c1. The van der Waals surface area contributed by atoms with Gasteiger partial charge >= 0.3 is 0 Å². The zero-order valence-corrected chi connectivity index (χ0v) is 7.61. The molecular formula is C6H5IN2O2. The van der Waals surface area contributed by atoms with Crippen LogP contribution in [-0.2, 0) is 0 Å². The number of rotatable bonds is 2. The molecule has 58 valence electrons. The van der Waals surface area contributed by atoms with E-state index in [1.165, 1.54) is 12.1 Å². The summed E-state index contributed by atoms with van der Waals surface area (Å²) in [5, 5.41) is 10.2. The lowest BCUT2D eigenvalue weighted by Gasteiger charge is -1.95. The summed E-state index contributed by atoms with van der Waals surface area (Å²) in [6.07, 6.45) is 0. The van der Waals surface area contributed by atoms with Crippen LogP contribution in [0.15, 0.2) is 24.3 Å². The van der Waals surface area contributed by atoms with Crippen molar-refractivity contribution in [1.29, 1.82) is 0 Å². The summed E-state index contributed by atoms with van der Waals surface area (Å²) in [5.74, 6) is 0. The van der Waals surface area contributed by atoms with Gasteiger partial charge in [-0.05, 0) is 6.07 Å². The van der Waals surface area contributed by atoms with E-state index in [0.717, 1.165) is 5.69 Å². The van der Waals surface area contributed by atoms with E-state index in [-0.39, 0.29) is 5.69 Å². The number of hydrogen-bond donors (Lipinski definition) is 1. The summed E-state index contributed by atoms with van der Waals surface area (Å²) in [4.78, 5) is 9.83. The lowest BCUT2D eigenvalue weighted by molar-refractivity contribution is -0.384. The van der Waals surface area contributed by atoms with Gasteiger partial charge in [-0.15, -0.1) is 0 Å². The first-order valence-corrected chi connectivity index (χ1v) is 3.93. The number of halogens is 1. The van der Waals surface area contributed by atoms with Crippen molar-refractivity contribution in [1.82, 2.24) is 0 Å². The van der Waals surface area contributed by atoms with E-state index in [9.17, 15) is 10.1 Å². The van der Waals surface area contributed by atoms with E-state index < -0.39 is 4.92 Å². The lowest BCUT2D eigenvalue weighted by Crippen LogP contribution is -1.88. The minimum Gasteiger partial charge on any atom is -0.328 e. The maximum Gasteiger partial charge on any atom is 0.271 e. The third-order valence-electron chi connectivity index (χ3n) is 1.17. The van der Waals surface area contributed by atoms with Crippen LogP contribution in [0.1, 0.15) is 0 Å². The number of benzene rings is 1. The maximum absolute atomic E-state index is 10.2. The molecule has 1 aromatic rings. The Kier molecular flexibility index (Phi) is 2.64. The fraction of sp³-hybridized carbons (Fsp3) is 0. The Labute approximate surface area is 77.3 Å². The number of nitro groups is 1. The van der Waals surface area contributed by atoms with Crippen LogP contribution in [0.2, 0.25) is 0 Å². The molecule has 0 bridgehead atoms. The molecule has 0 saturated carbocycles. The normalized spacial score (nSPS) is 9.18. The van der Waals surface area contributed by atoms with Gasteiger partial charge in [0, 0.05) is 17.8 Å². The molecule has 0 aromatic heterocycles. The third kappa shape index (κ3) is 2.04. The monoisotopic (exact) mass is 264 g/mol. The van der Waals surface area contributed by atoms with Crippen molar-refractivity contribution in [3.8, 4) is 0 Å². The first-order valence-electron chi connectivity index (χ1n) is 2.85. The van der Waals surface area contributed by atoms with Gasteiger partial charge in [-0.3, -0.25) is 10.1 Å².